The Balaban J connectivity index is 1.46. The van der Waals surface area contributed by atoms with Crippen LogP contribution in [0.25, 0.3) is 0 Å². The molecule has 4 nitrogen and oxygen atoms in total. The fourth-order valence-electron chi connectivity index (χ4n) is 4.10. The van der Waals surface area contributed by atoms with Gasteiger partial charge in [0.15, 0.2) is 0 Å². The van der Waals surface area contributed by atoms with Gasteiger partial charge in [0.25, 0.3) is 0 Å². The first-order valence-electron chi connectivity index (χ1n) is 11.0. The van der Waals surface area contributed by atoms with Crippen LogP contribution in [0.2, 0.25) is 5.02 Å². The molecular weight excluding hydrogens is 424 g/mol. The molecule has 1 saturated carbocycles. The summed E-state index contributed by atoms with van der Waals surface area (Å²) in [7, 11) is 1.36. The molecule has 0 N–H and O–H groups in total. The third-order valence-corrected chi connectivity index (χ3v) is 6.11. The molecule has 0 radical (unpaired) electrons. The van der Waals surface area contributed by atoms with E-state index in [2.05, 4.69) is 12.1 Å². The maximum Gasteiger partial charge on any atom is 0.351 e. The van der Waals surface area contributed by atoms with Crippen molar-refractivity contribution < 1.29 is 19.0 Å². The molecule has 0 aliphatic heterocycles. The summed E-state index contributed by atoms with van der Waals surface area (Å²) >= 11 is 5.91. The lowest BCUT2D eigenvalue weighted by molar-refractivity contribution is -0.149. The Hall–Kier alpha value is -2.98. The number of methoxy groups -OCH3 is 1. The van der Waals surface area contributed by atoms with E-state index >= 15 is 0 Å². The van der Waals surface area contributed by atoms with Crippen molar-refractivity contribution in [1.82, 2.24) is 0 Å². The normalized spacial score (nSPS) is 15.1. The molecule has 0 bridgehead atoms. The second kappa shape index (κ2) is 10.6. The van der Waals surface area contributed by atoms with Gasteiger partial charge >= 0.3 is 5.97 Å². The number of benzene rings is 3. The lowest BCUT2D eigenvalue weighted by atomic mass is 9.84. The minimum absolute atomic E-state index is 0.451. The molecule has 1 unspecified atom stereocenters. The monoisotopic (exact) mass is 450 g/mol. The van der Waals surface area contributed by atoms with Gasteiger partial charge in [-0.25, -0.2) is 4.79 Å². The van der Waals surface area contributed by atoms with Crippen molar-refractivity contribution >= 4 is 17.6 Å². The predicted octanol–water partition coefficient (Wildman–Crippen LogP) is 7.47. The highest BCUT2D eigenvalue weighted by Crippen LogP contribution is 2.34. The van der Waals surface area contributed by atoms with Gasteiger partial charge in [0.1, 0.15) is 17.2 Å². The average Bonchev–Trinajstić information content (AvgIpc) is 2.85. The van der Waals surface area contributed by atoms with Crippen LogP contribution in [0, 0.1) is 0 Å². The molecular formula is C27H27ClO4. The predicted molar refractivity (Wildman–Crippen MR) is 126 cm³/mol. The second-order valence-corrected chi connectivity index (χ2v) is 8.49. The molecule has 0 amide bonds. The van der Waals surface area contributed by atoms with E-state index in [1.54, 1.807) is 36.4 Å². The van der Waals surface area contributed by atoms with E-state index in [-0.39, 0.29) is 0 Å². The molecule has 0 aromatic heterocycles. The van der Waals surface area contributed by atoms with Crippen molar-refractivity contribution in [2.45, 2.75) is 44.1 Å². The maximum atomic E-state index is 12.4. The number of rotatable bonds is 7. The first-order chi connectivity index (χ1) is 15.6. The Bertz CT molecular complexity index is 1010. The zero-order chi connectivity index (χ0) is 22.3. The summed E-state index contributed by atoms with van der Waals surface area (Å²) in [6.45, 7) is 0. The van der Waals surface area contributed by atoms with Crippen LogP contribution in [0.5, 0.6) is 17.2 Å². The van der Waals surface area contributed by atoms with Crippen LogP contribution in [-0.2, 0) is 9.53 Å². The highest BCUT2D eigenvalue weighted by atomic mass is 35.5. The molecule has 3 aromatic carbocycles. The Kier molecular flexibility index (Phi) is 7.33. The smallest absolute Gasteiger partial charge is 0.351 e. The van der Waals surface area contributed by atoms with E-state index in [1.807, 2.05) is 24.3 Å². The summed E-state index contributed by atoms with van der Waals surface area (Å²) in [6, 6.07) is 22.5. The number of carbonyl (C=O) groups is 1. The summed E-state index contributed by atoms with van der Waals surface area (Å²) in [4.78, 5) is 12.4. The van der Waals surface area contributed by atoms with Crippen LogP contribution in [0.4, 0.5) is 0 Å². The first kappa shape index (κ1) is 22.2. The zero-order valence-corrected chi connectivity index (χ0v) is 18.9. The Morgan fingerprint density at radius 2 is 1.38 bits per heavy atom. The molecule has 166 valence electrons. The summed E-state index contributed by atoms with van der Waals surface area (Å²) in [5.41, 5.74) is 2.03. The van der Waals surface area contributed by atoms with Gasteiger partial charge in [-0.15, -0.1) is 0 Å². The van der Waals surface area contributed by atoms with Gasteiger partial charge in [0, 0.05) is 10.6 Å². The largest absolute Gasteiger partial charge is 0.474 e. The molecule has 1 atom stereocenters. The summed E-state index contributed by atoms with van der Waals surface area (Å²) < 4.78 is 16.9. The highest BCUT2D eigenvalue weighted by molar-refractivity contribution is 6.30. The summed E-state index contributed by atoms with van der Waals surface area (Å²) in [5, 5.41) is 0.651. The first-order valence-corrected chi connectivity index (χ1v) is 11.4. The topological polar surface area (TPSA) is 44.8 Å². The molecule has 32 heavy (non-hydrogen) atoms. The average molecular weight is 451 g/mol. The van der Waals surface area contributed by atoms with Gasteiger partial charge < -0.3 is 14.2 Å². The standard InChI is InChI=1S/C27H27ClO4/c1-30-27(29)26(32-25-13-7-20(8-14-25)19-5-3-2-4-6-19)21-9-15-23(16-10-21)31-24-17-11-22(28)12-18-24/h7-19,26H,2-6H2,1H3. The quantitative estimate of drug-likeness (QED) is 0.350. The molecule has 5 heteroatoms. The number of esters is 1. The van der Waals surface area contributed by atoms with Crippen LogP contribution >= 0.6 is 11.6 Å². The van der Waals surface area contributed by atoms with Crippen LogP contribution in [0.15, 0.2) is 72.8 Å². The van der Waals surface area contributed by atoms with Crippen molar-refractivity contribution in [2.24, 2.45) is 0 Å². The Morgan fingerprint density at radius 3 is 1.97 bits per heavy atom. The zero-order valence-electron chi connectivity index (χ0n) is 18.1. The van der Waals surface area contributed by atoms with E-state index in [0.29, 0.717) is 33.8 Å². The molecule has 1 aliphatic rings. The van der Waals surface area contributed by atoms with E-state index in [0.717, 1.165) is 0 Å². The van der Waals surface area contributed by atoms with Crippen molar-refractivity contribution in [2.75, 3.05) is 7.11 Å². The summed E-state index contributed by atoms with van der Waals surface area (Å²) in [6.07, 6.45) is 5.56. The fraction of sp³-hybridized carbons (Fsp3) is 0.296. The van der Waals surface area contributed by atoms with Gasteiger partial charge in [-0.1, -0.05) is 55.1 Å². The SMILES string of the molecule is COC(=O)C(Oc1ccc(C2CCCCC2)cc1)c1ccc(Oc2ccc(Cl)cc2)cc1. The van der Waals surface area contributed by atoms with Crippen molar-refractivity contribution in [1.29, 1.82) is 0 Å². The Morgan fingerprint density at radius 1 is 0.812 bits per heavy atom. The lowest BCUT2D eigenvalue weighted by Gasteiger charge is -2.22. The van der Waals surface area contributed by atoms with E-state index in [9.17, 15) is 4.79 Å². The number of carbonyl (C=O) groups excluding carboxylic acids is 1. The van der Waals surface area contributed by atoms with Crippen molar-refractivity contribution in [3.05, 3.63) is 88.9 Å². The van der Waals surface area contributed by atoms with E-state index < -0.39 is 12.1 Å². The van der Waals surface area contributed by atoms with Gasteiger partial charge in [-0.2, -0.15) is 0 Å². The van der Waals surface area contributed by atoms with Gasteiger partial charge in [0.05, 0.1) is 7.11 Å². The maximum absolute atomic E-state index is 12.4. The number of ether oxygens (including phenoxy) is 3. The van der Waals surface area contributed by atoms with Gasteiger partial charge in [-0.05, 0) is 72.9 Å². The molecule has 1 fully saturated rings. The second-order valence-electron chi connectivity index (χ2n) is 8.05. The van der Waals surface area contributed by atoms with E-state index in [1.165, 1.54) is 44.8 Å². The van der Waals surface area contributed by atoms with Gasteiger partial charge in [0.2, 0.25) is 6.10 Å². The fourth-order valence-corrected chi connectivity index (χ4v) is 4.23. The molecule has 4 rings (SSSR count). The molecule has 0 heterocycles. The number of hydrogen-bond acceptors (Lipinski definition) is 4. The number of hydrogen-bond donors (Lipinski definition) is 0. The van der Waals surface area contributed by atoms with Gasteiger partial charge in [-0.3, -0.25) is 0 Å². The van der Waals surface area contributed by atoms with Crippen molar-refractivity contribution in [3.63, 3.8) is 0 Å². The minimum Gasteiger partial charge on any atom is -0.474 e. The number of halogens is 1. The van der Waals surface area contributed by atoms with Crippen LogP contribution < -0.4 is 9.47 Å². The molecule has 1 aliphatic carbocycles. The Labute approximate surface area is 194 Å². The van der Waals surface area contributed by atoms with E-state index in [4.69, 9.17) is 25.8 Å². The molecule has 0 saturated heterocycles. The van der Waals surface area contributed by atoms with Crippen molar-refractivity contribution in [3.8, 4) is 17.2 Å². The van der Waals surface area contributed by atoms with Crippen LogP contribution in [0.1, 0.15) is 55.3 Å². The third-order valence-electron chi connectivity index (χ3n) is 5.86. The lowest BCUT2D eigenvalue weighted by Crippen LogP contribution is -2.20. The van der Waals surface area contributed by atoms with Crippen LogP contribution in [0.3, 0.4) is 0 Å². The highest BCUT2D eigenvalue weighted by Gasteiger charge is 2.24. The van der Waals surface area contributed by atoms with Crippen LogP contribution in [-0.4, -0.2) is 13.1 Å². The molecule has 0 spiro atoms. The molecule has 3 aromatic rings. The summed E-state index contributed by atoms with van der Waals surface area (Å²) in [5.74, 6) is 2.15. The minimum atomic E-state index is -0.856. The third kappa shape index (κ3) is 5.63.